The second kappa shape index (κ2) is 9.56. The highest BCUT2D eigenvalue weighted by atomic mass is 16.5. The number of carbonyl (C=O) groups excluding carboxylic acids is 2. The molecule has 1 fully saturated rings. The van der Waals surface area contributed by atoms with Crippen LogP contribution in [-0.4, -0.2) is 59.4 Å². The number of rotatable bonds is 5. The number of nitrogens with one attached hydrogen (secondary N) is 1. The summed E-state index contributed by atoms with van der Waals surface area (Å²) in [7, 11) is 1.55. The topological polar surface area (TPSA) is 101 Å². The highest BCUT2D eigenvalue weighted by molar-refractivity contribution is 6.08. The third-order valence-electron chi connectivity index (χ3n) is 6.43. The lowest BCUT2D eigenvalue weighted by Gasteiger charge is -2.35. The lowest BCUT2D eigenvalue weighted by molar-refractivity contribution is -0.134. The number of hydrogen-bond acceptors (Lipinski definition) is 6. The summed E-state index contributed by atoms with van der Waals surface area (Å²) < 4.78 is 5.30. The number of piperidine rings is 1. The molecule has 0 saturated carbocycles. The highest BCUT2D eigenvalue weighted by Crippen LogP contribution is 2.26. The van der Waals surface area contributed by atoms with E-state index < -0.39 is 0 Å². The maximum atomic E-state index is 13.0. The van der Waals surface area contributed by atoms with E-state index in [4.69, 9.17) is 10.5 Å². The number of para-hydroxylation sites is 2. The number of carbonyl (C=O) groups is 2. The van der Waals surface area contributed by atoms with E-state index in [9.17, 15) is 9.59 Å². The van der Waals surface area contributed by atoms with E-state index in [1.807, 2.05) is 17.0 Å². The van der Waals surface area contributed by atoms with Gasteiger partial charge in [0.05, 0.1) is 24.9 Å². The summed E-state index contributed by atoms with van der Waals surface area (Å²) in [6.07, 6.45) is 4.16. The van der Waals surface area contributed by atoms with E-state index in [0.29, 0.717) is 49.1 Å². The number of ether oxygens (including phenoxy) is 1. The summed E-state index contributed by atoms with van der Waals surface area (Å²) in [6.45, 7) is 4.67. The van der Waals surface area contributed by atoms with Crippen LogP contribution in [0.1, 0.15) is 47.8 Å². The number of benzene rings is 1. The maximum Gasteiger partial charge on any atom is 0.259 e. The van der Waals surface area contributed by atoms with Crippen LogP contribution in [-0.2, 0) is 17.8 Å². The van der Waals surface area contributed by atoms with Crippen LogP contribution in [0.4, 0.5) is 11.5 Å². The van der Waals surface area contributed by atoms with Gasteiger partial charge in [0, 0.05) is 31.2 Å². The van der Waals surface area contributed by atoms with E-state index in [1.54, 1.807) is 25.3 Å². The summed E-state index contributed by atoms with van der Waals surface area (Å²) >= 11 is 0. The summed E-state index contributed by atoms with van der Waals surface area (Å²) in [5, 5.41) is 2.85. The Bertz CT molecular complexity index is 1010. The van der Waals surface area contributed by atoms with Crippen molar-refractivity contribution in [2.24, 2.45) is 0 Å². The second-order valence-corrected chi connectivity index (χ2v) is 8.56. The van der Waals surface area contributed by atoms with Gasteiger partial charge in [-0.1, -0.05) is 18.6 Å². The van der Waals surface area contributed by atoms with Gasteiger partial charge in [0.2, 0.25) is 5.91 Å². The SMILES string of the molecule is COc1ccccc1NC(=O)c1cc2c(nc1N)CCN(C(=O)CN1CCCC[C@H]1C)C2. The molecule has 1 atom stereocenters. The van der Waals surface area contributed by atoms with Crippen LogP contribution in [0.2, 0.25) is 0 Å². The zero-order chi connectivity index (χ0) is 22.7. The highest BCUT2D eigenvalue weighted by Gasteiger charge is 2.27. The summed E-state index contributed by atoms with van der Waals surface area (Å²) in [5.74, 6) is 0.529. The molecule has 1 aromatic heterocycles. The molecule has 0 spiro atoms. The molecule has 0 bridgehead atoms. The van der Waals surface area contributed by atoms with Crippen molar-refractivity contribution in [2.75, 3.05) is 37.8 Å². The molecule has 0 radical (unpaired) electrons. The molecule has 4 rings (SSSR count). The first-order valence-electron chi connectivity index (χ1n) is 11.2. The van der Waals surface area contributed by atoms with Gasteiger partial charge in [0.15, 0.2) is 0 Å². The molecule has 3 N–H and O–H groups in total. The molecule has 1 saturated heterocycles. The van der Waals surface area contributed by atoms with Crippen molar-refractivity contribution in [3.8, 4) is 5.75 Å². The normalized spacial score (nSPS) is 18.7. The summed E-state index contributed by atoms with van der Waals surface area (Å²) in [6, 6.07) is 9.40. The number of hydrogen-bond donors (Lipinski definition) is 2. The van der Waals surface area contributed by atoms with Crippen molar-refractivity contribution in [3.63, 3.8) is 0 Å². The van der Waals surface area contributed by atoms with Crippen LogP contribution in [0.15, 0.2) is 30.3 Å². The minimum absolute atomic E-state index is 0.126. The lowest BCUT2D eigenvalue weighted by Crippen LogP contribution is -2.47. The fourth-order valence-electron chi connectivity index (χ4n) is 4.49. The van der Waals surface area contributed by atoms with Gasteiger partial charge >= 0.3 is 0 Å². The monoisotopic (exact) mass is 437 g/mol. The van der Waals surface area contributed by atoms with Crippen LogP contribution in [0.3, 0.4) is 0 Å². The zero-order valence-corrected chi connectivity index (χ0v) is 18.8. The van der Waals surface area contributed by atoms with Gasteiger partial charge < -0.3 is 20.7 Å². The van der Waals surface area contributed by atoms with Crippen LogP contribution in [0.5, 0.6) is 5.75 Å². The summed E-state index contributed by atoms with van der Waals surface area (Å²) in [4.78, 5) is 34.5. The van der Waals surface area contributed by atoms with Gasteiger partial charge in [-0.25, -0.2) is 4.98 Å². The number of nitrogen functional groups attached to an aromatic ring is 1. The molecule has 2 aromatic rings. The quantitative estimate of drug-likeness (QED) is 0.746. The first-order chi connectivity index (χ1) is 15.5. The van der Waals surface area contributed by atoms with Gasteiger partial charge in [-0.3, -0.25) is 14.5 Å². The van der Waals surface area contributed by atoms with Crippen molar-refractivity contribution >= 4 is 23.3 Å². The Morgan fingerprint density at radius 1 is 1.25 bits per heavy atom. The number of amides is 2. The number of likely N-dealkylation sites (tertiary alicyclic amines) is 1. The van der Waals surface area contributed by atoms with E-state index in [1.165, 1.54) is 6.42 Å². The number of nitrogens with zero attached hydrogens (tertiary/aromatic N) is 3. The zero-order valence-electron chi connectivity index (χ0n) is 18.8. The minimum atomic E-state index is -0.354. The fourth-order valence-corrected chi connectivity index (χ4v) is 4.49. The van der Waals surface area contributed by atoms with E-state index in [-0.39, 0.29) is 17.6 Å². The molecule has 2 aliphatic rings. The van der Waals surface area contributed by atoms with Gasteiger partial charge in [-0.15, -0.1) is 0 Å². The Morgan fingerprint density at radius 2 is 2.06 bits per heavy atom. The van der Waals surface area contributed by atoms with Crippen molar-refractivity contribution in [2.45, 2.75) is 45.2 Å². The first kappa shape index (κ1) is 22.1. The van der Waals surface area contributed by atoms with Crippen LogP contribution in [0, 0.1) is 0 Å². The standard InChI is InChI=1S/C24H31N5O3/c1-16-7-5-6-11-28(16)15-22(30)29-12-10-19-17(14-29)13-18(23(25)26-19)24(31)27-20-8-3-4-9-21(20)32-2/h3-4,8-9,13,16H,5-7,10-12,14-15H2,1-2H3,(H2,25,26)(H,27,31)/t16-/m1/s1. The molecule has 2 amide bonds. The number of fused-ring (bicyclic) bond motifs is 1. The average molecular weight is 438 g/mol. The number of methoxy groups -OCH3 is 1. The average Bonchev–Trinajstić information content (AvgIpc) is 2.80. The lowest BCUT2D eigenvalue weighted by atomic mass is 10.0. The van der Waals surface area contributed by atoms with Gasteiger partial charge in [-0.2, -0.15) is 0 Å². The molecule has 8 nitrogen and oxygen atoms in total. The molecule has 170 valence electrons. The number of aromatic nitrogens is 1. The Balaban J connectivity index is 1.48. The molecule has 3 heterocycles. The predicted octanol–water partition coefficient (Wildman–Crippen LogP) is 2.68. The number of pyridine rings is 1. The maximum absolute atomic E-state index is 13.0. The minimum Gasteiger partial charge on any atom is -0.495 e. The number of nitrogens with two attached hydrogens (primary N) is 1. The largest absolute Gasteiger partial charge is 0.495 e. The smallest absolute Gasteiger partial charge is 0.259 e. The van der Waals surface area contributed by atoms with Crippen LogP contribution < -0.4 is 15.8 Å². The Kier molecular flexibility index (Phi) is 6.60. The van der Waals surface area contributed by atoms with E-state index in [0.717, 1.165) is 30.6 Å². The fraction of sp³-hybridized carbons (Fsp3) is 0.458. The van der Waals surface area contributed by atoms with E-state index in [2.05, 4.69) is 22.1 Å². The predicted molar refractivity (Wildman–Crippen MR) is 124 cm³/mol. The Morgan fingerprint density at radius 3 is 2.84 bits per heavy atom. The first-order valence-corrected chi connectivity index (χ1v) is 11.2. The molecular weight excluding hydrogens is 406 g/mol. The molecule has 1 aromatic carbocycles. The molecule has 8 heteroatoms. The van der Waals surface area contributed by atoms with Crippen LogP contribution in [0.25, 0.3) is 0 Å². The Labute approximate surface area is 188 Å². The van der Waals surface area contributed by atoms with Crippen molar-refractivity contribution in [3.05, 3.63) is 47.2 Å². The van der Waals surface area contributed by atoms with Crippen LogP contribution >= 0.6 is 0 Å². The molecular formula is C24H31N5O3. The van der Waals surface area contributed by atoms with Gasteiger partial charge in [0.25, 0.3) is 5.91 Å². The number of anilines is 2. The Hall–Kier alpha value is -3.13. The third kappa shape index (κ3) is 4.70. The second-order valence-electron chi connectivity index (χ2n) is 8.56. The van der Waals surface area contributed by atoms with E-state index >= 15 is 0 Å². The van der Waals surface area contributed by atoms with Gasteiger partial charge in [0.1, 0.15) is 11.6 Å². The van der Waals surface area contributed by atoms with Crippen molar-refractivity contribution in [1.29, 1.82) is 0 Å². The third-order valence-corrected chi connectivity index (χ3v) is 6.43. The molecule has 2 aliphatic heterocycles. The molecule has 0 aliphatic carbocycles. The molecule has 0 unspecified atom stereocenters. The summed E-state index contributed by atoms with van der Waals surface area (Å²) in [5.41, 5.74) is 8.70. The van der Waals surface area contributed by atoms with Crippen molar-refractivity contribution in [1.82, 2.24) is 14.8 Å². The van der Waals surface area contributed by atoms with Gasteiger partial charge in [-0.05, 0) is 50.1 Å². The van der Waals surface area contributed by atoms with Crippen molar-refractivity contribution < 1.29 is 14.3 Å². The molecule has 32 heavy (non-hydrogen) atoms.